The second kappa shape index (κ2) is 4.62. The van der Waals surface area contributed by atoms with Gasteiger partial charge in [0.15, 0.2) is 0 Å². The molecule has 106 valence electrons. The van der Waals surface area contributed by atoms with Crippen molar-refractivity contribution in [2.45, 2.75) is 45.1 Å². The van der Waals surface area contributed by atoms with E-state index >= 15 is 0 Å². The first-order chi connectivity index (χ1) is 9.72. The minimum atomic E-state index is 0.711. The maximum Gasteiger partial charge on any atom is 0.0907 e. The summed E-state index contributed by atoms with van der Waals surface area (Å²) in [6, 6.07) is 5.05. The van der Waals surface area contributed by atoms with E-state index in [1.807, 2.05) is 0 Å². The van der Waals surface area contributed by atoms with Crippen LogP contribution in [0.4, 0.5) is 11.4 Å². The minimum absolute atomic E-state index is 0.711. The number of piperidine rings is 1. The van der Waals surface area contributed by atoms with Gasteiger partial charge in [0, 0.05) is 12.6 Å². The molecular formula is C16H21N3S. The van der Waals surface area contributed by atoms with Crippen LogP contribution in [-0.2, 0) is 0 Å². The number of aryl methyl sites for hydroxylation is 1. The molecule has 0 amide bonds. The van der Waals surface area contributed by atoms with Gasteiger partial charge in [-0.2, -0.15) is 0 Å². The zero-order chi connectivity index (χ0) is 13.7. The van der Waals surface area contributed by atoms with E-state index in [9.17, 15) is 0 Å². The summed E-state index contributed by atoms with van der Waals surface area (Å²) in [6.07, 6.45) is 6.81. The van der Waals surface area contributed by atoms with Gasteiger partial charge in [-0.05, 0) is 50.7 Å². The fraction of sp³-hybridized carbons (Fsp3) is 0.562. The Hall–Kier alpha value is -1.29. The molecule has 4 heteroatoms. The number of thiazole rings is 1. The first-order valence-electron chi connectivity index (χ1n) is 7.65. The van der Waals surface area contributed by atoms with Gasteiger partial charge in [0.2, 0.25) is 0 Å². The van der Waals surface area contributed by atoms with Crippen molar-refractivity contribution in [1.82, 2.24) is 4.98 Å². The largest absolute Gasteiger partial charge is 0.397 e. The summed E-state index contributed by atoms with van der Waals surface area (Å²) in [6.45, 7) is 3.22. The van der Waals surface area contributed by atoms with Crippen molar-refractivity contribution in [3.8, 4) is 0 Å². The van der Waals surface area contributed by atoms with Crippen LogP contribution in [-0.4, -0.2) is 17.6 Å². The normalized spacial score (nSPS) is 26.1. The van der Waals surface area contributed by atoms with E-state index in [1.165, 1.54) is 42.5 Å². The maximum atomic E-state index is 6.35. The van der Waals surface area contributed by atoms with Gasteiger partial charge in [0.25, 0.3) is 0 Å². The highest BCUT2D eigenvalue weighted by Gasteiger charge is 2.35. The van der Waals surface area contributed by atoms with Crippen LogP contribution in [0.3, 0.4) is 0 Å². The molecule has 4 rings (SSSR count). The fourth-order valence-corrected chi connectivity index (χ4v) is 4.95. The molecule has 1 saturated carbocycles. The van der Waals surface area contributed by atoms with Gasteiger partial charge in [-0.25, -0.2) is 4.98 Å². The molecule has 2 unspecified atom stereocenters. The first kappa shape index (κ1) is 12.5. The number of nitrogens with zero attached hydrogens (tertiary/aromatic N) is 2. The average molecular weight is 287 g/mol. The molecule has 20 heavy (non-hydrogen) atoms. The third kappa shape index (κ3) is 1.89. The third-order valence-electron chi connectivity index (χ3n) is 4.95. The summed E-state index contributed by atoms with van der Waals surface area (Å²) < 4.78 is 1.21. The van der Waals surface area contributed by atoms with Gasteiger partial charge in [-0.1, -0.05) is 6.42 Å². The molecule has 1 aromatic carbocycles. The lowest BCUT2D eigenvalue weighted by atomic mass is 9.91. The standard InChI is InChI=1S/C16H21N3S/c1-10-18-13-9-15(12(17)8-16(13)20-10)19-7-3-5-11-4-2-6-14(11)19/h8-9,11,14H,2-7,17H2,1H3. The number of hydrogen-bond donors (Lipinski definition) is 1. The van der Waals surface area contributed by atoms with Crippen LogP contribution < -0.4 is 10.6 Å². The van der Waals surface area contributed by atoms with Gasteiger partial charge in [0.05, 0.1) is 26.6 Å². The smallest absolute Gasteiger partial charge is 0.0907 e. The topological polar surface area (TPSA) is 42.2 Å². The van der Waals surface area contributed by atoms with Gasteiger partial charge in [0.1, 0.15) is 0 Å². The van der Waals surface area contributed by atoms with Crippen LogP contribution in [0, 0.1) is 12.8 Å². The quantitative estimate of drug-likeness (QED) is 0.807. The molecule has 3 nitrogen and oxygen atoms in total. The van der Waals surface area contributed by atoms with Gasteiger partial charge in [-0.15, -0.1) is 11.3 Å². The monoisotopic (exact) mass is 287 g/mol. The van der Waals surface area contributed by atoms with Crippen LogP contribution >= 0.6 is 11.3 Å². The summed E-state index contributed by atoms with van der Waals surface area (Å²) in [5, 5.41) is 1.12. The molecule has 2 heterocycles. The number of fused-ring (bicyclic) bond motifs is 2. The Morgan fingerprint density at radius 2 is 2.10 bits per heavy atom. The first-order valence-corrected chi connectivity index (χ1v) is 8.47. The van der Waals surface area contributed by atoms with Crippen LogP contribution in [0.25, 0.3) is 10.2 Å². The van der Waals surface area contributed by atoms with E-state index in [2.05, 4.69) is 28.9 Å². The zero-order valence-electron chi connectivity index (χ0n) is 11.9. The van der Waals surface area contributed by atoms with E-state index in [4.69, 9.17) is 5.73 Å². The van der Waals surface area contributed by atoms with Gasteiger partial charge < -0.3 is 10.6 Å². The zero-order valence-corrected chi connectivity index (χ0v) is 12.7. The summed E-state index contributed by atoms with van der Waals surface area (Å²) >= 11 is 1.73. The molecule has 1 saturated heterocycles. The Kier molecular flexibility index (Phi) is 2.88. The van der Waals surface area contributed by atoms with Crippen LogP contribution in [0.15, 0.2) is 12.1 Å². The second-order valence-corrected chi connectivity index (χ2v) is 7.44. The highest BCUT2D eigenvalue weighted by molar-refractivity contribution is 7.18. The van der Waals surface area contributed by atoms with E-state index in [0.717, 1.165) is 28.7 Å². The number of rotatable bonds is 1. The highest BCUT2D eigenvalue weighted by Crippen LogP contribution is 2.42. The van der Waals surface area contributed by atoms with Gasteiger partial charge in [-0.3, -0.25) is 0 Å². The second-order valence-electron chi connectivity index (χ2n) is 6.21. The average Bonchev–Trinajstić information content (AvgIpc) is 3.02. The predicted molar refractivity (Wildman–Crippen MR) is 86.5 cm³/mol. The predicted octanol–water partition coefficient (Wildman–Crippen LogP) is 3.96. The highest BCUT2D eigenvalue weighted by atomic mass is 32.1. The Morgan fingerprint density at radius 3 is 3.00 bits per heavy atom. The maximum absolute atomic E-state index is 6.35. The summed E-state index contributed by atoms with van der Waals surface area (Å²) in [4.78, 5) is 7.21. The molecule has 1 aromatic heterocycles. The van der Waals surface area contributed by atoms with Crippen molar-refractivity contribution in [2.75, 3.05) is 17.2 Å². The third-order valence-corrected chi connectivity index (χ3v) is 5.88. The molecule has 1 aliphatic carbocycles. The van der Waals surface area contributed by atoms with Crippen molar-refractivity contribution >= 4 is 32.9 Å². The SMILES string of the molecule is Cc1nc2cc(N3CCCC4CCCC43)c(N)cc2s1. The van der Waals surface area contributed by atoms with Crippen LogP contribution in [0.5, 0.6) is 0 Å². The lowest BCUT2D eigenvalue weighted by Gasteiger charge is -2.40. The van der Waals surface area contributed by atoms with Crippen molar-refractivity contribution in [3.05, 3.63) is 17.1 Å². The van der Waals surface area contributed by atoms with Crippen molar-refractivity contribution in [2.24, 2.45) is 5.92 Å². The van der Waals surface area contributed by atoms with E-state index in [1.54, 1.807) is 11.3 Å². The molecule has 0 spiro atoms. The minimum Gasteiger partial charge on any atom is -0.397 e. The summed E-state index contributed by atoms with van der Waals surface area (Å²) in [5.41, 5.74) is 9.60. The molecule has 2 aliphatic rings. The number of nitrogens with two attached hydrogens (primary N) is 1. The number of aromatic nitrogens is 1. The van der Waals surface area contributed by atoms with E-state index < -0.39 is 0 Å². The number of anilines is 2. The molecule has 2 aromatic rings. The van der Waals surface area contributed by atoms with Gasteiger partial charge >= 0.3 is 0 Å². The molecule has 2 N–H and O–H groups in total. The molecule has 2 atom stereocenters. The lowest BCUT2D eigenvalue weighted by Crippen LogP contribution is -2.42. The number of nitrogen functional groups attached to an aromatic ring is 1. The summed E-state index contributed by atoms with van der Waals surface area (Å²) in [7, 11) is 0. The molecule has 0 radical (unpaired) electrons. The van der Waals surface area contributed by atoms with E-state index in [0.29, 0.717) is 6.04 Å². The lowest BCUT2D eigenvalue weighted by molar-refractivity contribution is 0.363. The van der Waals surface area contributed by atoms with Crippen molar-refractivity contribution < 1.29 is 0 Å². The van der Waals surface area contributed by atoms with E-state index in [-0.39, 0.29) is 0 Å². The van der Waals surface area contributed by atoms with Crippen molar-refractivity contribution in [1.29, 1.82) is 0 Å². The number of hydrogen-bond acceptors (Lipinski definition) is 4. The van der Waals surface area contributed by atoms with Crippen LogP contribution in [0.1, 0.15) is 37.1 Å². The molecular weight excluding hydrogens is 266 g/mol. The van der Waals surface area contributed by atoms with Crippen LogP contribution in [0.2, 0.25) is 0 Å². The van der Waals surface area contributed by atoms with Crippen molar-refractivity contribution in [3.63, 3.8) is 0 Å². The fourth-order valence-electron chi connectivity index (χ4n) is 4.10. The Morgan fingerprint density at radius 1 is 1.25 bits per heavy atom. The molecule has 0 bridgehead atoms. The molecule has 2 fully saturated rings. The summed E-state index contributed by atoms with van der Waals surface area (Å²) in [5.74, 6) is 0.885. The Balaban J connectivity index is 1.78. The Labute approximate surface area is 123 Å². The Bertz CT molecular complexity index is 648. The molecule has 1 aliphatic heterocycles. The number of benzene rings is 1.